The Labute approximate surface area is 108 Å². The number of hydrogen-bond donors (Lipinski definition) is 1. The molecule has 18 heavy (non-hydrogen) atoms. The van der Waals surface area contributed by atoms with Crippen molar-refractivity contribution in [1.29, 1.82) is 0 Å². The molecule has 1 heterocycles. The van der Waals surface area contributed by atoms with Crippen molar-refractivity contribution in [2.45, 2.75) is 19.4 Å². The van der Waals surface area contributed by atoms with Crippen LogP contribution < -0.4 is 5.32 Å². The molecule has 1 aromatic carbocycles. The molecule has 2 aromatic rings. The lowest BCUT2D eigenvalue weighted by Gasteiger charge is -2.12. The molecular formula is C12H11N3O2S. The fourth-order valence-electron chi connectivity index (χ4n) is 1.67. The molecule has 0 fully saturated rings. The third kappa shape index (κ3) is 2.13. The van der Waals surface area contributed by atoms with Crippen LogP contribution in [0.3, 0.4) is 0 Å². The molecule has 0 aliphatic heterocycles. The number of aromatic nitrogens is 1. The van der Waals surface area contributed by atoms with E-state index in [1.165, 1.54) is 11.3 Å². The monoisotopic (exact) mass is 261 g/mol. The predicted octanol–water partition coefficient (Wildman–Crippen LogP) is 3.03. The lowest BCUT2D eigenvalue weighted by molar-refractivity contribution is -0.382. The summed E-state index contributed by atoms with van der Waals surface area (Å²) >= 11 is 1.37. The quantitative estimate of drug-likeness (QED) is 0.522. The second-order valence-corrected chi connectivity index (χ2v) is 4.58. The fraction of sp³-hybridized carbons (Fsp3) is 0.250. The number of benzene rings is 1. The molecule has 0 saturated heterocycles. The SMILES string of the molecule is C#CC(CC)Nc1ccc2scnc2c1[N+](=O)[O-]. The number of hydrogen-bond acceptors (Lipinski definition) is 5. The molecular weight excluding hydrogens is 250 g/mol. The third-order valence-corrected chi connectivity index (χ3v) is 3.39. The zero-order valence-corrected chi connectivity index (χ0v) is 10.5. The molecule has 0 spiro atoms. The molecule has 92 valence electrons. The van der Waals surface area contributed by atoms with E-state index in [1.54, 1.807) is 11.6 Å². The highest BCUT2D eigenvalue weighted by atomic mass is 32.1. The van der Waals surface area contributed by atoms with Gasteiger partial charge in [-0.25, -0.2) is 4.98 Å². The summed E-state index contributed by atoms with van der Waals surface area (Å²) in [5.74, 6) is 2.56. The molecule has 0 amide bonds. The minimum absolute atomic E-state index is 0.0116. The summed E-state index contributed by atoms with van der Waals surface area (Å²) in [7, 11) is 0. The number of anilines is 1. The lowest BCUT2D eigenvalue weighted by Crippen LogP contribution is -2.16. The topological polar surface area (TPSA) is 68.1 Å². The number of nitro groups is 1. The molecule has 0 saturated carbocycles. The van der Waals surface area contributed by atoms with E-state index in [9.17, 15) is 10.1 Å². The van der Waals surface area contributed by atoms with Crippen LogP contribution in [0.4, 0.5) is 11.4 Å². The van der Waals surface area contributed by atoms with Gasteiger partial charge < -0.3 is 5.32 Å². The maximum atomic E-state index is 11.2. The van der Waals surface area contributed by atoms with E-state index in [1.807, 2.05) is 13.0 Å². The van der Waals surface area contributed by atoms with Crippen molar-refractivity contribution in [3.8, 4) is 12.3 Å². The second kappa shape index (κ2) is 5.02. The van der Waals surface area contributed by atoms with Gasteiger partial charge in [-0.2, -0.15) is 0 Å². The molecule has 0 aliphatic rings. The van der Waals surface area contributed by atoms with Crippen molar-refractivity contribution in [3.05, 3.63) is 27.8 Å². The van der Waals surface area contributed by atoms with Crippen molar-refractivity contribution < 1.29 is 4.92 Å². The number of thiazole rings is 1. The van der Waals surface area contributed by atoms with Gasteiger partial charge in [0.1, 0.15) is 5.69 Å². The molecule has 6 heteroatoms. The number of nitrogens with one attached hydrogen (secondary N) is 1. The first-order valence-corrected chi connectivity index (χ1v) is 6.28. The molecule has 1 aromatic heterocycles. The molecule has 2 rings (SSSR count). The van der Waals surface area contributed by atoms with E-state index >= 15 is 0 Å². The minimum Gasteiger partial charge on any atom is -0.366 e. The van der Waals surface area contributed by atoms with Gasteiger partial charge in [-0.15, -0.1) is 17.8 Å². The van der Waals surface area contributed by atoms with Gasteiger partial charge in [0.15, 0.2) is 5.52 Å². The van der Waals surface area contributed by atoms with Crippen molar-refractivity contribution in [2.75, 3.05) is 5.32 Å². The van der Waals surface area contributed by atoms with Crippen LogP contribution in [0.1, 0.15) is 13.3 Å². The molecule has 5 nitrogen and oxygen atoms in total. The van der Waals surface area contributed by atoms with Crippen molar-refractivity contribution in [1.82, 2.24) is 4.98 Å². The van der Waals surface area contributed by atoms with Gasteiger partial charge in [-0.3, -0.25) is 10.1 Å². The molecule has 1 atom stereocenters. The van der Waals surface area contributed by atoms with Gasteiger partial charge in [0.25, 0.3) is 0 Å². The standard InChI is InChI=1S/C12H11N3O2S/c1-3-8(4-2)14-9-5-6-10-11(13-7-18-10)12(9)15(16)17/h1,5-8,14H,4H2,2H3. The number of rotatable bonds is 4. The Morgan fingerprint density at radius 1 is 1.67 bits per heavy atom. The summed E-state index contributed by atoms with van der Waals surface area (Å²) in [6.45, 7) is 1.92. The van der Waals surface area contributed by atoms with Crippen LogP contribution in [0.5, 0.6) is 0 Å². The number of nitrogens with zero attached hydrogens (tertiary/aromatic N) is 2. The summed E-state index contributed by atoms with van der Waals surface area (Å²) in [4.78, 5) is 14.8. The molecule has 0 bridgehead atoms. The van der Waals surface area contributed by atoms with Crippen molar-refractivity contribution in [3.63, 3.8) is 0 Å². The first-order valence-electron chi connectivity index (χ1n) is 5.40. The zero-order chi connectivity index (χ0) is 13.1. The molecule has 0 aliphatic carbocycles. The zero-order valence-electron chi connectivity index (χ0n) is 9.71. The van der Waals surface area contributed by atoms with Crippen molar-refractivity contribution in [2.24, 2.45) is 0 Å². The normalized spacial score (nSPS) is 12.0. The third-order valence-electron chi connectivity index (χ3n) is 2.60. The average Bonchev–Trinajstić information content (AvgIpc) is 2.82. The molecule has 1 unspecified atom stereocenters. The highest BCUT2D eigenvalue weighted by molar-refractivity contribution is 7.16. The van der Waals surface area contributed by atoms with E-state index < -0.39 is 4.92 Å². The number of fused-ring (bicyclic) bond motifs is 1. The van der Waals surface area contributed by atoms with E-state index in [-0.39, 0.29) is 11.7 Å². The van der Waals surface area contributed by atoms with Gasteiger partial charge in [-0.05, 0) is 18.6 Å². The number of nitro benzene ring substituents is 1. The first kappa shape index (κ1) is 12.3. The summed E-state index contributed by atoms with van der Waals surface area (Å²) in [5, 5.41) is 14.2. The minimum atomic E-state index is -0.423. The highest BCUT2D eigenvalue weighted by Gasteiger charge is 2.21. The Kier molecular flexibility index (Phi) is 3.44. The van der Waals surface area contributed by atoms with Crippen LogP contribution in [-0.2, 0) is 0 Å². The van der Waals surface area contributed by atoms with Crippen LogP contribution >= 0.6 is 11.3 Å². The molecule has 1 N–H and O–H groups in total. The number of terminal acetylenes is 1. The van der Waals surface area contributed by atoms with Crippen LogP contribution in [0.25, 0.3) is 10.2 Å². The van der Waals surface area contributed by atoms with Crippen LogP contribution in [0.15, 0.2) is 17.6 Å². The second-order valence-electron chi connectivity index (χ2n) is 3.69. The maximum absolute atomic E-state index is 11.2. The Hall–Kier alpha value is -2.13. The Bertz CT molecular complexity index is 630. The summed E-state index contributed by atoms with van der Waals surface area (Å²) in [5.41, 5.74) is 2.41. The van der Waals surface area contributed by atoms with Gasteiger partial charge in [-0.1, -0.05) is 12.8 Å². The van der Waals surface area contributed by atoms with Crippen LogP contribution in [0.2, 0.25) is 0 Å². The first-order chi connectivity index (χ1) is 8.67. The highest BCUT2D eigenvalue weighted by Crippen LogP contribution is 2.34. The fourth-order valence-corrected chi connectivity index (χ4v) is 2.35. The van der Waals surface area contributed by atoms with Gasteiger partial charge >= 0.3 is 5.69 Å². The maximum Gasteiger partial charge on any atom is 0.319 e. The molecule has 0 radical (unpaired) electrons. The summed E-state index contributed by atoms with van der Waals surface area (Å²) in [6, 6.07) is 3.27. The Morgan fingerprint density at radius 3 is 3.06 bits per heavy atom. The summed E-state index contributed by atoms with van der Waals surface area (Å²) < 4.78 is 0.793. The Morgan fingerprint density at radius 2 is 2.44 bits per heavy atom. The van der Waals surface area contributed by atoms with E-state index in [2.05, 4.69) is 16.2 Å². The van der Waals surface area contributed by atoms with E-state index in [4.69, 9.17) is 6.42 Å². The van der Waals surface area contributed by atoms with Gasteiger partial charge in [0.2, 0.25) is 0 Å². The van der Waals surface area contributed by atoms with Crippen LogP contribution in [0, 0.1) is 22.5 Å². The van der Waals surface area contributed by atoms with Gasteiger partial charge in [0, 0.05) is 0 Å². The van der Waals surface area contributed by atoms with E-state index in [0.29, 0.717) is 17.6 Å². The lowest BCUT2D eigenvalue weighted by atomic mass is 10.2. The van der Waals surface area contributed by atoms with Crippen molar-refractivity contribution >= 4 is 32.9 Å². The average molecular weight is 261 g/mol. The smallest absolute Gasteiger partial charge is 0.319 e. The van der Waals surface area contributed by atoms with E-state index in [0.717, 1.165) is 4.70 Å². The van der Waals surface area contributed by atoms with Gasteiger partial charge in [0.05, 0.1) is 21.2 Å². The summed E-state index contributed by atoms with van der Waals surface area (Å²) in [6.07, 6.45) is 6.05. The Balaban J connectivity index is 2.53. The van der Waals surface area contributed by atoms with Crippen LogP contribution in [-0.4, -0.2) is 15.9 Å². The predicted molar refractivity (Wildman–Crippen MR) is 72.8 cm³/mol. The largest absolute Gasteiger partial charge is 0.366 e.